The van der Waals surface area contributed by atoms with Gasteiger partial charge in [-0.25, -0.2) is 17.8 Å². The van der Waals surface area contributed by atoms with E-state index in [1.165, 1.54) is 32.4 Å². The molecule has 2 aromatic rings. The number of benzene rings is 2. The van der Waals surface area contributed by atoms with Crippen LogP contribution in [0.4, 0.5) is 15.8 Å². The number of halogens is 1. The Hall–Kier alpha value is -3.47. The lowest BCUT2D eigenvalue weighted by Gasteiger charge is -2.19. The standard InChI is InChI=1S/C19H19FN4O5S/c1-24-18(25)10-8-15(22-24)19(26)21-13-5-9-17(29-2)16(11-13)23-30(27,28)14-6-3-12(20)4-7-14/h3-7,9,11,23H,8,10H2,1-2H3,(H,21,26). The van der Waals surface area contributed by atoms with Crippen molar-refractivity contribution in [1.82, 2.24) is 5.01 Å². The Morgan fingerprint density at radius 1 is 1.17 bits per heavy atom. The Morgan fingerprint density at radius 2 is 1.87 bits per heavy atom. The first-order valence-electron chi connectivity index (χ1n) is 8.81. The van der Waals surface area contributed by atoms with Crippen molar-refractivity contribution in [2.24, 2.45) is 5.10 Å². The van der Waals surface area contributed by atoms with Crippen molar-refractivity contribution < 1.29 is 27.1 Å². The lowest BCUT2D eigenvalue weighted by atomic mass is 10.1. The van der Waals surface area contributed by atoms with E-state index >= 15 is 0 Å². The topological polar surface area (TPSA) is 117 Å². The number of anilines is 2. The van der Waals surface area contributed by atoms with Crippen LogP contribution in [0.2, 0.25) is 0 Å². The molecule has 1 heterocycles. The van der Waals surface area contributed by atoms with E-state index in [1.807, 2.05) is 0 Å². The molecule has 0 atom stereocenters. The number of hydrazone groups is 1. The van der Waals surface area contributed by atoms with Crippen LogP contribution in [0.5, 0.6) is 5.75 Å². The maximum Gasteiger partial charge on any atom is 0.271 e. The minimum Gasteiger partial charge on any atom is -0.495 e. The highest BCUT2D eigenvalue weighted by Crippen LogP contribution is 2.30. The molecule has 3 rings (SSSR count). The van der Waals surface area contributed by atoms with Crippen LogP contribution in [-0.2, 0) is 19.6 Å². The third kappa shape index (κ3) is 4.74. The Bertz CT molecular complexity index is 1120. The fourth-order valence-electron chi connectivity index (χ4n) is 2.72. The number of rotatable bonds is 6. The van der Waals surface area contributed by atoms with Crippen molar-refractivity contribution in [2.75, 3.05) is 24.2 Å². The molecule has 9 nitrogen and oxygen atoms in total. The van der Waals surface area contributed by atoms with Crippen molar-refractivity contribution >= 4 is 38.9 Å². The molecule has 0 aliphatic carbocycles. The summed E-state index contributed by atoms with van der Waals surface area (Å²) >= 11 is 0. The van der Waals surface area contributed by atoms with Crippen molar-refractivity contribution in [3.8, 4) is 5.75 Å². The van der Waals surface area contributed by atoms with Gasteiger partial charge in [0, 0.05) is 25.6 Å². The normalized spacial score (nSPS) is 14.2. The fourth-order valence-corrected chi connectivity index (χ4v) is 3.78. The number of hydrogen-bond donors (Lipinski definition) is 2. The lowest BCUT2D eigenvalue weighted by molar-refractivity contribution is -0.130. The molecule has 0 aromatic heterocycles. The Kier molecular flexibility index (Phi) is 6.01. The number of methoxy groups -OCH3 is 1. The van der Waals surface area contributed by atoms with Crippen LogP contribution in [0.1, 0.15) is 12.8 Å². The third-order valence-electron chi connectivity index (χ3n) is 4.30. The molecule has 30 heavy (non-hydrogen) atoms. The van der Waals surface area contributed by atoms with Gasteiger partial charge >= 0.3 is 0 Å². The van der Waals surface area contributed by atoms with Gasteiger partial charge in [0.15, 0.2) is 0 Å². The summed E-state index contributed by atoms with van der Waals surface area (Å²) in [6, 6.07) is 8.74. The molecule has 2 N–H and O–H groups in total. The van der Waals surface area contributed by atoms with E-state index in [2.05, 4.69) is 15.1 Å². The minimum absolute atomic E-state index is 0.0810. The number of hydrogen-bond acceptors (Lipinski definition) is 6. The number of ether oxygens (including phenoxy) is 1. The molecule has 1 aliphatic heterocycles. The van der Waals surface area contributed by atoms with Crippen molar-refractivity contribution in [2.45, 2.75) is 17.7 Å². The zero-order chi connectivity index (χ0) is 21.9. The molecule has 0 saturated carbocycles. The molecular weight excluding hydrogens is 415 g/mol. The summed E-state index contributed by atoms with van der Waals surface area (Å²) in [6.07, 6.45) is 0.378. The molecule has 0 saturated heterocycles. The van der Waals surface area contributed by atoms with E-state index in [4.69, 9.17) is 4.74 Å². The van der Waals surface area contributed by atoms with Gasteiger partial charge in [0.05, 0.1) is 17.7 Å². The monoisotopic (exact) mass is 434 g/mol. The van der Waals surface area contributed by atoms with Crippen molar-refractivity contribution in [3.05, 3.63) is 48.3 Å². The van der Waals surface area contributed by atoms with E-state index < -0.39 is 21.7 Å². The summed E-state index contributed by atoms with van der Waals surface area (Å²) in [5.41, 5.74) is 0.554. The van der Waals surface area contributed by atoms with Gasteiger partial charge < -0.3 is 10.1 Å². The number of amides is 2. The summed E-state index contributed by atoms with van der Waals surface area (Å²) in [5, 5.41) is 7.67. The van der Waals surface area contributed by atoms with E-state index in [9.17, 15) is 22.4 Å². The smallest absolute Gasteiger partial charge is 0.271 e. The van der Waals surface area contributed by atoms with E-state index in [0.29, 0.717) is 5.69 Å². The molecule has 0 bridgehead atoms. The molecular formula is C19H19FN4O5S. The third-order valence-corrected chi connectivity index (χ3v) is 5.68. The highest BCUT2D eigenvalue weighted by Gasteiger charge is 2.23. The fraction of sp³-hybridized carbons (Fsp3) is 0.211. The largest absolute Gasteiger partial charge is 0.495 e. The number of sulfonamides is 1. The zero-order valence-corrected chi connectivity index (χ0v) is 17.0. The highest BCUT2D eigenvalue weighted by atomic mass is 32.2. The number of carbonyl (C=O) groups is 2. The van der Waals surface area contributed by atoms with Crippen LogP contribution in [0.25, 0.3) is 0 Å². The SMILES string of the molecule is COc1ccc(NC(=O)C2=NN(C)C(=O)CC2)cc1NS(=O)(=O)c1ccc(F)cc1. The molecule has 0 spiro atoms. The number of nitrogens with one attached hydrogen (secondary N) is 2. The predicted octanol–water partition coefficient (Wildman–Crippen LogP) is 2.18. The summed E-state index contributed by atoms with van der Waals surface area (Å²) in [4.78, 5) is 23.8. The maximum atomic E-state index is 13.1. The van der Waals surface area contributed by atoms with Crippen LogP contribution in [-0.4, -0.2) is 45.1 Å². The van der Waals surface area contributed by atoms with Gasteiger partial charge in [-0.15, -0.1) is 0 Å². The molecule has 2 amide bonds. The minimum atomic E-state index is -4.02. The molecule has 0 fully saturated rings. The van der Waals surface area contributed by atoms with Crippen LogP contribution in [0.3, 0.4) is 0 Å². The van der Waals surface area contributed by atoms with E-state index in [-0.39, 0.29) is 40.8 Å². The molecule has 11 heteroatoms. The molecule has 158 valence electrons. The van der Waals surface area contributed by atoms with Gasteiger partial charge in [-0.2, -0.15) is 5.10 Å². The lowest BCUT2D eigenvalue weighted by Crippen LogP contribution is -2.34. The average Bonchev–Trinajstić information content (AvgIpc) is 2.70. The first-order valence-corrected chi connectivity index (χ1v) is 10.3. The van der Waals surface area contributed by atoms with Gasteiger partial charge in [-0.05, 0) is 42.5 Å². The predicted molar refractivity (Wildman–Crippen MR) is 108 cm³/mol. The average molecular weight is 434 g/mol. The second kappa shape index (κ2) is 8.49. The van der Waals surface area contributed by atoms with Gasteiger partial charge in [-0.3, -0.25) is 14.3 Å². The number of carbonyl (C=O) groups excluding carboxylic acids is 2. The van der Waals surface area contributed by atoms with Gasteiger partial charge in [-0.1, -0.05) is 0 Å². The molecule has 2 aromatic carbocycles. The van der Waals surface area contributed by atoms with E-state index in [0.717, 1.165) is 29.3 Å². The summed E-state index contributed by atoms with van der Waals surface area (Å²) in [5.74, 6) is -1.03. The second-order valence-electron chi connectivity index (χ2n) is 6.39. The summed E-state index contributed by atoms with van der Waals surface area (Å²) < 4.78 is 45.8. The highest BCUT2D eigenvalue weighted by molar-refractivity contribution is 7.92. The van der Waals surface area contributed by atoms with Crippen LogP contribution in [0, 0.1) is 5.82 Å². The summed E-state index contributed by atoms with van der Waals surface area (Å²) in [7, 11) is -1.19. The first kappa shape index (κ1) is 21.2. The van der Waals surface area contributed by atoms with Crippen molar-refractivity contribution in [1.29, 1.82) is 0 Å². The Balaban J connectivity index is 1.83. The Morgan fingerprint density at radius 3 is 2.50 bits per heavy atom. The van der Waals surface area contributed by atoms with Crippen LogP contribution < -0.4 is 14.8 Å². The molecule has 0 unspecified atom stereocenters. The van der Waals surface area contributed by atoms with Gasteiger partial charge in [0.1, 0.15) is 17.3 Å². The molecule has 1 aliphatic rings. The van der Waals surface area contributed by atoms with Gasteiger partial charge in [0.25, 0.3) is 15.9 Å². The Labute approximate surface area is 172 Å². The van der Waals surface area contributed by atoms with Crippen molar-refractivity contribution in [3.63, 3.8) is 0 Å². The molecule has 0 radical (unpaired) electrons. The first-order chi connectivity index (χ1) is 14.2. The zero-order valence-electron chi connectivity index (χ0n) is 16.2. The van der Waals surface area contributed by atoms with Gasteiger partial charge in [0.2, 0.25) is 5.91 Å². The summed E-state index contributed by atoms with van der Waals surface area (Å²) in [6.45, 7) is 0. The van der Waals surface area contributed by atoms with Crippen LogP contribution >= 0.6 is 0 Å². The maximum absolute atomic E-state index is 13.1. The second-order valence-corrected chi connectivity index (χ2v) is 8.08. The number of nitrogens with zero attached hydrogens (tertiary/aromatic N) is 2. The van der Waals surface area contributed by atoms with E-state index in [1.54, 1.807) is 0 Å². The quantitative estimate of drug-likeness (QED) is 0.723. The van der Waals surface area contributed by atoms with Crippen LogP contribution in [0.15, 0.2) is 52.5 Å².